The van der Waals surface area contributed by atoms with Crippen molar-refractivity contribution >= 4 is 34.6 Å². The Kier molecular flexibility index (Phi) is 5.14. The summed E-state index contributed by atoms with van der Waals surface area (Å²) in [6.45, 7) is 7.23. The van der Waals surface area contributed by atoms with Crippen LogP contribution in [0.25, 0.3) is 11.0 Å². The van der Waals surface area contributed by atoms with Crippen molar-refractivity contribution in [1.29, 1.82) is 0 Å². The molecule has 0 unspecified atom stereocenters. The van der Waals surface area contributed by atoms with E-state index in [2.05, 4.69) is 5.32 Å². The summed E-state index contributed by atoms with van der Waals surface area (Å²) >= 11 is 5.95. The summed E-state index contributed by atoms with van der Waals surface area (Å²) in [6, 6.07) is 6.90. The zero-order valence-corrected chi connectivity index (χ0v) is 15.9. The van der Waals surface area contributed by atoms with Gasteiger partial charge in [-0.15, -0.1) is 0 Å². The Labute approximate surface area is 157 Å². The number of amides is 2. The van der Waals surface area contributed by atoms with E-state index in [-0.39, 0.29) is 23.7 Å². The van der Waals surface area contributed by atoms with E-state index in [1.165, 1.54) is 0 Å². The van der Waals surface area contributed by atoms with E-state index in [9.17, 15) is 9.59 Å². The third-order valence-corrected chi connectivity index (χ3v) is 4.43. The lowest BCUT2D eigenvalue weighted by Crippen LogP contribution is -2.36. The summed E-state index contributed by atoms with van der Waals surface area (Å²) in [6.07, 6.45) is 0.524. The van der Waals surface area contributed by atoms with Gasteiger partial charge in [0.1, 0.15) is 11.2 Å². The van der Waals surface area contributed by atoms with Gasteiger partial charge in [-0.1, -0.05) is 11.6 Å². The maximum atomic E-state index is 12.3. The molecule has 1 N–H and O–H groups in total. The Morgan fingerprint density at radius 1 is 1.35 bits per heavy atom. The number of likely N-dealkylation sites (tertiary alicyclic amines) is 1. The fourth-order valence-electron chi connectivity index (χ4n) is 2.94. The molecule has 0 saturated carbocycles. The van der Waals surface area contributed by atoms with Gasteiger partial charge in [0.25, 0.3) is 5.91 Å². The molecule has 140 valence electrons. The molecule has 0 spiro atoms. The molecule has 1 aromatic heterocycles. The van der Waals surface area contributed by atoms with Crippen molar-refractivity contribution in [2.24, 2.45) is 5.92 Å². The Hall–Kier alpha value is -2.21. The van der Waals surface area contributed by atoms with Crippen LogP contribution in [0.3, 0.4) is 0 Å². The highest BCUT2D eigenvalue weighted by atomic mass is 35.5. The molecule has 6 nitrogen and oxygen atoms in total. The van der Waals surface area contributed by atoms with Crippen LogP contribution in [0.4, 0.5) is 4.79 Å². The number of furan rings is 1. The number of hydrogen-bond donors (Lipinski definition) is 1. The minimum Gasteiger partial charge on any atom is -0.451 e. The summed E-state index contributed by atoms with van der Waals surface area (Å²) in [4.78, 5) is 26.1. The second kappa shape index (κ2) is 7.19. The topological polar surface area (TPSA) is 71.8 Å². The molecule has 1 fully saturated rings. The monoisotopic (exact) mass is 378 g/mol. The first-order valence-corrected chi connectivity index (χ1v) is 9.04. The Bertz CT molecular complexity index is 825. The van der Waals surface area contributed by atoms with Gasteiger partial charge in [-0.05, 0) is 57.4 Å². The van der Waals surface area contributed by atoms with Gasteiger partial charge in [0.15, 0.2) is 5.76 Å². The number of nitrogens with one attached hydrogen (secondary N) is 1. The fourth-order valence-corrected chi connectivity index (χ4v) is 3.12. The van der Waals surface area contributed by atoms with Gasteiger partial charge in [0, 0.05) is 30.0 Å². The highest BCUT2D eigenvalue weighted by Gasteiger charge is 2.30. The fraction of sp³-hybridized carbons (Fsp3) is 0.474. The molecule has 1 aliphatic heterocycles. The predicted molar refractivity (Wildman–Crippen MR) is 99.5 cm³/mol. The summed E-state index contributed by atoms with van der Waals surface area (Å²) in [5.74, 6) is 0.183. The van der Waals surface area contributed by atoms with Crippen LogP contribution >= 0.6 is 11.6 Å². The highest BCUT2D eigenvalue weighted by Crippen LogP contribution is 2.23. The highest BCUT2D eigenvalue weighted by molar-refractivity contribution is 6.31. The molecule has 2 amide bonds. The van der Waals surface area contributed by atoms with Gasteiger partial charge in [-0.3, -0.25) is 4.79 Å². The second-order valence-corrected chi connectivity index (χ2v) is 8.02. The molecule has 2 aromatic rings. The van der Waals surface area contributed by atoms with Crippen LogP contribution in [-0.4, -0.2) is 42.1 Å². The smallest absolute Gasteiger partial charge is 0.410 e. The molecule has 26 heavy (non-hydrogen) atoms. The van der Waals surface area contributed by atoms with Crippen LogP contribution in [0.15, 0.2) is 28.7 Å². The van der Waals surface area contributed by atoms with Gasteiger partial charge in [0.2, 0.25) is 0 Å². The average molecular weight is 379 g/mol. The molecule has 1 saturated heterocycles. The first kappa shape index (κ1) is 18.6. The van der Waals surface area contributed by atoms with Crippen LogP contribution in [0.5, 0.6) is 0 Å². The Morgan fingerprint density at radius 2 is 2.12 bits per heavy atom. The number of benzene rings is 1. The number of hydrogen-bond acceptors (Lipinski definition) is 4. The Morgan fingerprint density at radius 3 is 2.85 bits per heavy atom. The van der Waals surface area contributed by atoms with E-state index >= 15 is 0 Å². The molecule has 1 aliphatic rings. The van der Waals surface area contributed by atoms with Crippen molar-refractivity contribution in [3.8, 4) is 0 Å². The molecule has 0 aliphatic carbocycles. The van der Waals surface area contributed by atoms with E-state index in [0.29, 0.717) is 30.2 Å². The minimum atomic E-state index is -0.506. The predicted octanol–water partition coefficient (Wildman–Crippen LogP) is 4.07. The van der Waals surface area contributed by atoms with Crippen LogP contribution in [-0.2, 0) is 4.74 Å². The van der Waals surface area contributed by atoms with E-state index in [1.807, 2.05) is 20.8 Å². The molecular formula is C19H23ClN2O4. The third kappa shape index (κ3) is 4.49. The van der Waals surface area contributed by atoms with Crippen molar-refractivity contribution in [1.82, 2.24) is 10.2 Å². The summed E-state index contributed by atoms with van der Waals surface area (Å²) in [5.41, 5.74) is 0.115. The van der Waals surface area contributed by atoms with Gasteiger partial charge in [0.05, 0.1) is 0 Å². The number of carbonyl (C=O) groups excluding carboxylic acids is 2. The lowest BCUT2D eigenvalue weighted by molar-refractivity contribution is 0.0288. The standard InChI is InChI=1S/C19H23ClN2O4/c1-19(2,3)26-18(24)22-7-6-12(11-22)10-21-17(23)16-9-13-8-14(20)4-5-15(13)25-16/h4-5,8-9,12H,6-7,10-11H2,1-3H3,(H,21,23)/t12-/m1/s1. The van der Waals surface area contributed by atoms with E-state index < -0.39 is 5.60 Å². The van der Waals surface area contributed by atoms with Crippen molar-refractivity contribution in [3.63, 3.8) is 0 Å². The minimum absolute atomic E-state index is 0.199. The van der Waals surface area contributed by atoms with E-state index in [0.717, 1.165) is 11.8 Å². The van der Waals surface area contributed by atoms with Gasteiger partial charge >= 0.3 is 6.09 Å². The zero-order chi connectivity index (χ0) is 18.9. The van der Waals surface area contributed by atoms with E-state index in [4.69, 9.17) is 20.8 Å². The van der Waals surface area contributed by atoms with Crippen molar-refractivity contribution < 1.29 is 18.7 Å². The number of rotatable bonds is 3. The second-order valence-electron chi connectivity index (χ2n) is 7.58. The molecular weight excluding hydrogens is 356 g/mol. The quantitative estimate of drug-likeness (QED) is 0.873. The van der Waals surface area contributed by atoms with Gasteiger partial charge < -0.3 is 19.4 Å². The number of halogens is 1. The zero-order valence-electron chi connectivity index (χ0n) is 15.2. The number of ether oxygens (including phenoxy) is 1. The Balaban J connectivity index is 1.52. The van der Waals surface area contributed by atoms with Crippen LogP contribution in [0, 0.1) is 5.92 Å². The molecule has 2 heterocycles. The first-order chi connectivity index (χ1) is 12.2. The van der Waals surface area contributed by atoms with Crippen LogP contribution in [0.1, 0.15) is 37.7 Å². The molecule has 0 radical (unpaired) electrons. The first-order valence-electron chi connectivity index (χ1n) is 8.66. The number of carbonyl (C=O) groups is 2. The summed E-state index contributed by atoms with van der Waals surface area (Å²) < 4.78 is 10.9. The van der Waals surface area contributed by atoms with Crippen molar-refractivity contribution in [3.05, 3.63) is 35.0 Å². The average Bonchev–Trinajstić information content (AvgIpc) is 3.17. The third-order valence-electron chi connectivity index (χ3n) is 4.19. The lowest BCUT2D eigenvalue weighted by atomic mass is 10.1. The molecule has 3 rings (SSSR count). The maximum absolute atomic E-state index is 12.3. The lowest BCUT2D eigenvalue weighted by Gasteiger charge is -2.24. The molecule has 1 atom stereocenters. The number of fused-ring (bicyclic) bond motifs is 1. The van der Waals surface area contributed by atoms with Crippen LogP contribution in [0.2, 0.25) is 5.02 Å². The SMILES string of the molecule is CC(C)(C)OC(=O)N1CC[C@H](CNC(=O)c2cc3cc(Cl)ccc3o2)C1. The number of nitrogens with zero attached hydrogens (tertiary/aromatic N) is 1. The van der Waals surface area contributed by atoms with E-state index in [1.54, 1.807) is 29.2 Å². The van der Waals surface area contributed by atoms with Crippen LogP contribution < -0.4 is 5.32 Å². The van der Waals surface area contributed by atoms with Crippen molar-refractivity contribution in [2.75, 3.05) is 19.6 Å². The summed E-state index contributed by atoms with van der Waals surface area (Å²) in [5, 5.41) is 4.27. The molecule has 1 aromatic carbocycles. The van der Waals surface area contributed by atoms with Crippen molar-refractivity contribution in [2.45, 2.75) is 32.8 Å². The largest absolute Gasteiger partial charge is 0.451 e. The maximum Gasteiger partial charge on any atom is 0.410 e. The molecule has 0 bridgehead atoms. The molecule has 7 heteroatoms. The van der Waals surface area contributed by atoms with Gasteiger partial charge in [-0.25, -0.2) is 4.79 Å². The normalized spacial score (nSPS) is 17.5. The van der Waals surface area contributed by atoms with Gasteiger partial charge in [-0.2, -0.15) is 0 Å². The summed E-state index contributed by atoms with van der Waals surface area (Å²) in [7, 11) is 0.